The number of primary amides is 1. The lowest BCUT2D eigenvalue weighted by Crippen LogP contribution is -2.37. The van der Waals surface area contributed by atoms with Gasteiger partial charge in [0.1, 0.15) is 0 Å². The Labute approximate surface area is 107 Å². The summed E-state index contributed by atoms with van der Waals surface area (Å²) in [6, 6.07) is 3.95. The predicted molar refractivity (Wildman–Crippen MR) is 69.3 cm³/mol. The maximum absolute atomic E-state index is 11.4. The van der Waals surface area contributed by atoms with Crippen LogP contribution in [0.1, 0.15) is 24.6 Å². The quantitative estimate of drug-likeness (QED) is 0.799. The minimum Gasteiger partial charge on any atom is -0.369 e. The molecule has 0 saturated carbocycles. The second-order valence-corrected chi connectivity index (χ2v) is 5.20. The van der Waals surface area contributed by atoms with Crippen LogP contribution in [-0.2, 0) is 17.9 Å². The van der Waals surface area contributed by atoms with Gasteiger partial charge >= 0.3 is 0 Å². The highest BCUT2D eigenvalue weighted by Crippen LogP contribution is 2.30. The van der Waals surface area contributed by atoms with E-state index in [0.29, 0.717) is 13.1 Å². The van der Waals surface area contributed by atoms with Crippen molar-refractivity contribution in [1.82, 2.24) is 9.88 Å². The number of aromatic nitrogens is 1. The third-order valence-corrected chi connectivity index (χ3v) is 3.72. The Balaban J connectivity index is 2.06. The molecule has 1 atom stereocenters. The van der Waals surface area contributed by atoms with E-state index in [-0.39, 0.29) is 5.91 Å². The number of carbonyl (C=O) groups is 1. The first-order chi connectivity index (χ1) is 8.55. The molecule has 1 aromatic rings. The lowest BCUT2D eigenvalue weighted by molar-refractivity contribution is -0.126. The van der Waals surface area contributed by atoms with Crippen LogP contribution in [-0.4, -0.2) is 28.9 Å². The molecule has 1 fully saturated rings. The summed E-state index contributed by atoms with van der Waals surface area (Å²) >= 11 is 0. The molecule has 1 aliphatic heterocycles. The SMILES string of the molecule is CC1(C(N)=O)CCN(Cc2cccnc2CN)C1. The van der Waals surface area contributed by atoms with Crippen molar-refractivity contribution in [3.63, 3.8) is 0 Å². The second-order valence-electron chi connectivity index (χ2n) is 5.20. The first kappa shape index (κ1) is 13.0. The van der Waals surface area contributed by atoms with Crippen LogP contribution >= 0.6 is 0 Å². The monoisotopic (exact) mass is 248 g/mol. The molecule has 2 heterocycles. The standard InChI is InChI=1S/C13H20N4O/c1-13(12(15)18)4-6-17(9-13)8-10-3-2-5-16-11(10)7-14/h2-3,5H,4,6-9,14H2,1H3,(H2,15,18). The van der Waals surface area contributed by atoms with Crippen LogP contribution < -0.4 is 11.5 Å². The van der Waals surface area contributed by atoms with Gasteiger partial charge in [-0.1, -0.05) is 6.07 Å². The van der Waals surface area contributed by atoms with Gasteiger partial charge in [0.05, 0.1) is 11.1 Å². The Morgan fingerprint density at radius 3 is 3.00 bits per heavy atom. The fourth-order valence-electron chi connectivity index (χ4n) is 2.43. The maximum Gasteiger partial charge on any atom is 0.224 e. The molecule has 1 aliphatic rings. The van der Waals surface area contributed by atoms with Crippen molar-refractivity contribution in [2.75, 3.05) is 13.1 Å². The number of nitrogens with two attached hydrogens (primary N) is 2. The highest BCUT2D eigenvalue weighted by Gasteiger charge is 2.38. The molecule has 18 heavy (non-hydrogen) atoms. The van der Waals surface area contributed by atoms with Gasteiger partial charge in [-0.05, 0) is 31.5 Å². The van der Waals surface area contributed by atoms with Crippen LogP contribution in [0.15, 0.2) is 18.3 Å². The Bertz CT molecular complexity index is 448. The zero-order chi connectivity index (χ0) is 13.2. The van der Waals surface area contributed by atoms with E-state index in [1.165, 1.54) is 0 Å². The Morgan fingerprint density at radius 1 is 1.61 bits per heavy atom. The van der Waals surface area contributed by atoms with Crippen LogP contribution in [0.4, 0.5) is 0 Å². The van der Waals surface area contributed by atoms with Crippen molar-refractivity contribution in [2.45, 2.75) is 26.4 Å². The number of carbonyl (C=O) groups excluding carboxylic acids is 1. The minimum atomic E-state index is -0.398. The molecule has 1 unspecified atom stereocenters. The van der Waals surface area contributed by atoms with Crippen LogP contribution in [0.25, 0.3) is 0 Å². The maximum atomic E-state index is 11.4. The van der Waals surface area contributed by atoms with Gasteiger partial charge in [0.25, 0.3) is 0 Å². The summed E-state index contributed by atoms with van der Waals surface area (Å²) in [5.41, 5.74) is 12.8. The van der Waals surface area contributed by atoms with Crippen LogP contribution in [0.2, 0.25) is 0 Å². The normalized spacial score (nSPS) is 24.3. The summed E-state index contributed by atoms with van der Waals surface area (Å²) < 4.78 is 0. The molecule has 0 spiro atoms. The van der Waals surface area contributed by atoms with Gasteiger partial charge in [-0.3, -0.25) is 14.7 Å². The van der Waals surface area contributed by atoms with Gasteiger partial charge in [-0.2, -0.15) is 0 Å². The van der Waals surface area contributed by atoms with Gasteiger partial charge < -0.3 is 11.5 Å². The number of rotatable bonds is 4. The van der Waals surface area contributed by atoms with Gasteiger partial charge in [0.15, 0.2) is 0 Å². The molecule has 4 N–H and O–H groups in total. The third kappa shape index (κ3) is 2.52. The largest absolute Gasteiger partial charge is 0.369 e. The molecule has 0 aliphatic carbocycles. The topological polar surface area (TPSA) is 85.2 Å². The van der Waals surface area contributed by atoms with Crippen LogP contribution in [0, 0.1) is 5.41 Å². The highest BCUT2D eigenvalue weighted by molar-refractivity contribution is 5.81. The first-order valence-corrected chi connectivity index (χ1v) is 6.20. The molecule has 1 amide bonds. The van der Waals surface area contributed by atoms with Gasteiger partial charge in [-0.25, -0.2) is 0 Å². The number of nitrogens with zero attached hydrogens (tertiary/aromatic N) is 2. The summed E-state index contributed by atoms with van der Waals surface area (Å²) in [4.78, 5) is 17.9. The third-order valence-electron chi connectivity index (χ3n) is 3.72. The molecule has 1 saturated heterocycles. The zero-order valence-corrected chi connectivity index (χ0v) is 10.7. The second kappa shape index (κ2) is 5.04. The molecular weight excluding hydrogens is 228 g/mol. The molecule has 0 bridgehead atoms. The number of amides is 1. The van der Waals surface area contributed by atoms with Gasteiger partial charge in [-0.15, -0.1) is 0 Å². The molecule has 5 heteroatoms. The van der Waals surface area contributed by atoms with Crippen molar-refractivity contribution in [3.8, 4) is 0 Å². The minimum absolute atomic E-state index is 0.213. The van der Waals surface area contributed by atoms with E-state index < -0.39 is 5.41 Å². The fourth-order valence-corrected chi connectivity index (χ4v) is 2.43. The lowest BCUT2D eigenvalue weighted by atomic mass is 9.89. The van der Waals surface area contributed by atoms with E-state index >= 15 is 0 Å². The van der Waals surface area contributed by atoms with Gasteiger partial charge in [0.2, 0.25) is 5.91 Å². The molecule has 5 nitrogen and oxygen atoms in total. The van der Waals surface area contributed by atoms with Crippen molar-refractivity contribution >= 4 is 5.91 Å². The summed E-state index contributed by atoms with van der Waals surface area (Å²) in [5, 5.41) is 0. The summed E-state index contributed by atoms with van der Waals surface area (Å²) in [7, 11) is 0. The smallest absolute Gasteiger partial charge is 0.224 e. The van der Waals surface area contributed by atoms with E-state index in [1.807, 2.05) is 19.1 Å². The Morgan fingerprint density at radius 2 is 2.39 bits per heavy atom. The Kier molecular flexibility index (Phi) is 3.63. The lowest BCUT2D eigenvalue weighted by Gasteiger charge is -2.21. The van der Waals surface area contributed by atoms with Gasteiger partial charge in [0, 0.05) is 25.8 Å². The van der Waals surface area contributed by atoms with Crippen molar-refractivity contribution in [1.29, 1.82) is 0 Å². The number of pyridine rings is 1. The van der Waals surface area contributed by atoms with Crippen molar-refractivity contribution < 1.29 is 4.79 Å². The molecule has 0 radical (unpaired) electrons. The highest BCUT2D eigenvalue weighted by atomic mass is 16.1. The predicted octanol–water partition coefficient (Wildman–Crippen LogP) is 0.238. The molecule has 1 aromatic heterocycles. The fraction of sp³-hybridized carbons (Fsp3) is 0.538. The first-order valence-electron chi connectivity index (χ1n) is 6.20. The molecule has 0 aromatic carbocycles. The summed E-state index contributed by atoms with van der Waals surface area (Å²) in [6.07, 6.45) is 2.57. The van der Waals surface area contributed by atoms with Crippen LogP contribution in [0.5, 0.6) is 0 Å². The van der Waals surface area contributed by atoms with E-state index in [9.17, 15) is 4.79 Å². The average Bonchev–Trinajstić information content (AvgIpc) is 2.73. The molecule has 98 valence electrons. The average molecular weight is 248 g/mol. The van der Waals surface area contributed by atoms with Crippen molar-refractivity contribution in [2.24, 2.45) is 16.9 Å². The van der Waals surface area contributed by atoms with E-state index in [2.05, 4.69) is 9.88 Å². The summed E-state index contributed by atoms with van der Waals surface area (Å²) in [6.45, 7) is 4.75. The van der Waals surface area contributed by atoms with E-state index in [4.69, 9.17) is 11.5 Å². The molecule has 2 rings (SSSR count). The number of hydrogen-bond acceptors (Lipinski definition) is 4. The number of likely N-dealkylation sites (tertiary alicyclic amines) is 1. The van der Waals surface area contributed by atoms with Crippen molar-refractivity contribution in [3.05, 3.63) is 29.6 Å². The van der Waals surface area contributed by atoms with E-state index in [1.54, 1.807) is 6.20 Å². The van der Waals surface area contributed by atoms with E-state index in [0.717, 1.165) is 30.8 Å². The van der Waals surface area contributed by atoms with Crippen LogP contribution in [0.3, 0.4) is 0 Å². The number of hydrogen-bond donors (Lipinski definition) is 2. The summed E-state index contributed by atoms with van der Waals surface area (Å²) in [5.74, 6) is -0.213. The Hall–Kier alpha value is -1.46. The zero-order valence-electron chi connectivity index (χ0n) is 10.7. The molecular formula is C13H20N4O.